The molecule has 10 heteroatoms. The summed E-state index contributed by atoms with van der Waals surface area (Å²) in [5.74, 6) is 1.90. The average molecular weight is 681 g/mol. The predicted octanol–water partition coefficient (Wildman–Crippen LogP) is 6.49. The first-order chi connectivity index (χ1) is 23.7. The van der Waals surface area contributed by atoms with Crippen molar-refractivity contribution in [2.45, 2.75) is 68.0 Å². The Morgan fingerprint density at radius 3 is 2.33 bits per heavy atom. The first-order valence-corrected chi connectivity index (χ1v) is 18.3. The van der Waals surface area contributed by atoms with Gasteiger partial charge in [0.25, 0.3) is 0 Å². The zero-order valence-corrected chi connectivity index (χ0v) is 28.5. The van der Waals surface area contributed by atoms with Crippen molar-refractivity contribution in [3.05, 3.63) is 96.2 Å². The highest BCUT2D eigenvalue weighted by Gasteiger charge is 2.50. The van der Waals surface area contributed by atoms with Crippen LogP contribution < -0.4 is 16.0 Å². The summed E-state index contributed by atoms with van der Waals surface area (Å²) < 4.78 is 6.18. The molecule has 4 saturated carbocycles. The summed E-state index contributed by atoms with van der Waals surface area (Å²) in [7, 11) is 0. The predicted molar refractivity (Wildman–Crippen MR) is 190 cm³/mol. The molecule has 4 aliphatic carbocycles. The molecule has 4 bridgehead atoms. The van der Waals surface area contributed by atoms with Gasteiger partial charge in [0.15, 0.2) is 0 Å². The Hall–Kier alpha value is -4.44. The Balaban J connectivity index is 1.06. The summed E-state index contributed by atoms with van der Waals surface area (Å²) in [5, 5.41) is 20.2. The lowest BCUT2D eigenvalue weighted by atomic mass is 9.55. The Kier molecular flexibility index (Phi) is 9.58. The number of rotatable bonds is 12. The summed E-state index contributed by atoms with van der Waals surface area (Å²) in [6.45, 7) is 1.84. The molecule has 1 aromatic heterocycles. The van der Waals surface area contributed by atoms with E-state index in [0.29, 0.717) is 16.7 Å². The first kappa shape index (κ1) is 33.1. The van der Waals surface area contributed by atoms with E-state index in [4.69, 9.17) is 4.74 Å². The minimum atomic E-state index is -1.35. The summed E-state index contributed by atoms with van der Waals surface area (Å²) in [6, 6.07) is 23.7. The van der Waals surface area contributed by atoms with Gasteiger partial charge in [-0.05, 0) is 92.0 Å². The molecule has 256 valence electrons. The van der Waals surface area contributed by atoms with E-state index in [1.54, 1.807) is 25.1 Å². The third-order valence-corrected chi connectivity index (χ3v) is 11.8. The molecule has 8 rings (SSSR count). The molecule has 0 radical (unpaired) electrons. The van der Waals surface area contributed by atoms with Gasteiger partial charge in [-0.15, -0.1) is 11.8 Å². The molecule has 0 spiro atoms. The first-order valence-electron chi connectivity index (χ1n) is 17.3. The van der Waals surface area contributed by atoms with E-state index in [1.807, 2.05) is 66.9 Å². The standard InChI is InChI=1S/C39H44N4O5S/c1-39(20-29-21-40-31-12-6-5-11-30(29)31,43-38(47)48-36-27-16-24-15-25(18-27)19-28(36)17-24)37(46)41-22-32(26-9-3-2-4-10-26)42-35(45)23-49-34-14-8-7-13-33(34)44/h2-14,21,24-25,27-28,32,36,40,44H,15-20,22-23H2,1H3,(H,41,46)(H,42,45)(H,43,47)/t24?,25?,27?,28?,32-,36?,39-/m1/s1. The molecule has 0 saturated heterocycles. The van der Waals surface area contributed by atoms with E-state index in [2.05, 4.69) is 20.9 Å². The van der Waals surface area contributed by atoms with Crippen LogP contribution in [-0.4, -0.2) is 51.9 Å². The highest BCUT2D eigenvalue weighted by molar-refractivity contribution is 8.00. The van der Waals surface area contributed by atoms with Crippen LogP contribution in [0, 0.1) is 23.7 Å². The fraction of sp³-hybridized carbons (Fsp3) is 0.410. The zero-order valence-electron chi connectivity index (χ0n) is 27.7. The molecular weight excluding hydrogens is 637 g/mol. The molecule has 0 aliphatic heterocycles. The lowest BCUT2D eigenvalue weighted by Gasteiger charge is -2.53. The number of benzene rings is 3. The topological polar surface area (TPSA) is 133 Å². The van der Waals surface area contributed by atoms with Gasteiger partial charge in [-0.1, -0.05) is 60.7 Å². The number of nitrogens with one attached hydrogen (secondary N) is 4. The van der Waals surface area contributed by atoms with Crippen LogP contribution in [0.3, 0.4) is 0 Å². The van der Waals surface area contributed by atoms with Gasteiger partial charge in [-0.3, -0.25) is 9.59 Å². The highest BCUT2D eigenvalue weighted by atomic mass is 32.2. The Labute approximate surface area is 291 Å². The number of thioether (sulfide) groups is 1. The number of phenols is 1. The van der Waals surface area contributed by atoms with E-state index in [0.717, 1.165) is 59.5 Å². The molecule has 4 fully saturated rings. The molecule has 4 aromatic rings. The van der Waals surface area contributed by atoms with Crippen molar-refractivity contribution >= 4 is 40.6 Å². The molecule has 2 atom stereocenters. The number of carbonyl (C=O) groups excluding carboxylic acids is 3. The number of amides is 3. The fourth-order valence-electron chi connectivity index (χ4n) is 8.57. The van der Waals surface area contributed by atoms with Crippen molar-refractivity contribution in [3.8, 4) is 5.75 Å². The van der Waals surface area contributed by atoms with Gasteiger partial charge < -0.3 is 30.8 Å². The number of hydrogen-bond donors (Lipinski definition) is 5. The summed E-state index contributed by atoms with van der Waals surface area (Å²) in [6.07, 6.45) is 7.24. The van der Waals surface area contributed by atoms with Crippen LogP contribution >= 0.6 is 11.8 Å². The van der Waals surface area contributed by atoms with Crippen LogP contribution in [0.5, 0.6) is 5.75 Å². The second-order valence-electron chi connectivity index (χ2n) is 14.3. The van der Waals surface area contributed by atoms with E-state index in [-0.39, 0.29) is 42.4 Å². The normalized spacial score (nSPS) is 24.1. The molecule has 49 heavy (non-hydrogen) atoms. The SMILES string of the molecule is C[C@](Cc1c[nH]c2ccccc12)(NC(=O)OC1C2CC3CC(C2)CC1C3)C(=O)NC[C@@H](NC(=O)CSc1ccccc1O)c1ccccc1. The fourth-order valence-corrected chi connectivity index (χ4v) is 9.33. The molecule has 5 N–H and O–H groups in total. The van der Waals surface area contributed by atoms with Gasteiger partial charge in [-0.2, -0.15) is 0 Å². The van der Waals surface area contributed by atoms with Gasteiger partial charge in [0.05, 0.1) is 11.8 Å². The van der Waals surface area contributed by atoms with Crippen molar-refractivity contribution in [2.75, 3.05) is 12.3 Å². The van der Waals surface area contributed by atoms with Crippen LogP contribution in [0.25, 0.3) is 10.9 Å². The minimum Gasteiger partial charge on any atom is -0.507 e. The van der Waals surface area contributed by atoms with Gasteiger partial charge in [-0.25, -0.2) is 4.79 Å². The van der Waals surface area contributed by atoms with E-state index >= 15 is 0 Å². The number of phenolic OH excluding ortho intramolecular Hbond substituents is 1. The number of aromatic amines is 1. The number of aromatic hydroxyl groups is 1. The quantitative estimate of drug-likeness (QED) is 0.109. The van der Waals surface area contributed by atoms with Gasteiger partial charge in [0.1, 0.15) is 17.4 Å². The summed E-state index contributed by atoms with van der Waals surface area (Å²) >= 11 is 1.24. The van der Waals surface area contributed by atoms with Crippen molar-refractivity contribution < 1.29 is 24.2 Å². The number of para-hydroxylation sites is 2. The number of fused-ring (bicyclic) bond motifs is 1. The van der Waals surface area contributed by atoms with Crippen LogP contribution in [0.15, 0.2) is 90.0 Å². The van der Waals surface area contributed by atoms with E-state index in [1.165, 1.54) is 18.2 Å². The maximum Gasteiger partial charge on any atom is 0.408 e. The molecular formula is C39H44N4O5S. The zero-order chi connectivity index (χ0) is 34.0. The monoisotopic (exact) mass is 680 g/mol. The largest absolute Gasteiger partial charge is 0.507 e. The second kappa shape index (κ2) is 14.2. The molecule has 3 aromatic carbocycles. The molecule has 3 amide bonds. The minimum absolute atomic E-state index is 0.0885. The number of hydrogen-bond acceptors (Lipinski definition) is 6. The molecule has 1 heterocycles. The van der Waals surface area contributed by atoms with Crippen molar-refractivity contribution in [2.24, 2.45) is 23.7 Å². The van der Waals surface area contributed by atoms with Crippen LogP contribution in [0.4, 0.5) is 4.79 Å². The van der Waals surface area contributed by atoms with Crippen molar-refractivity contribution in [3.63, 3.8) is 0 Å². The van der Waals surface area contributed by atoms with Crippen LogP contribution in [0.2, 0.25) is 0 Å². The van der Waals surface area contributed by atoms with E-state index in [9.17, 15) is 19.5 Å². The third-order valence-electron chi connectivity index (χ3n) is 10.7. The van der Waals surface area contributed by atoms with Gasteiger partial charge in [0, 0.05) is 35.0 Å². The molecule has 0 unspecified atom stereocenters. The second-order valence-corrected chi connectivity index (χ2v) is 15.3. The maximum atomic E-state index is 14.2. The highest BCUT2D eigenvalue weighted by Crippen LogP contribution is 2.54. The van der Waals surface area contributed by atoms with Gasteiger partial charge >= 0.3 is 6.09 Å². The summed E-state index contributed by atoms with van der Waals surface area (Å²) in [4.78, 5) is 44.9. The number of alkyl carbamates (subject to hydrolysis) is 1. The van der Waals surface area contributed by atoms with Gasteiger partial charge in [0.2, 0.25) is 11.8 Å². The Bertz CT molecular complexity index is 1780. The van der Waals surface area contributed by atoms with E-state index < -0.39 is 17.7 Å². The Morgan fingerprint density at radius 2 is 1.59 bits per heavy atom. The smallest absolute Gasteiger partial charge is 0.408 e. The average Bonchev–Trinajstić information content (AvgIpc) is 3.50. The van der Waals surface area contributed by atoms with Crippen molar-refractivity contribution in [1.29, 1.82) is 0 Å². The molecule has 9 nitrogen and oxygen atoms in total. The molecule has 4 aliphatic rings. The lowest BCUT2D eigenvalue weighted by Crippen LogP contribution is -2.60. The number of H-pyrrole nitrogens is 1. The van der Waals surface area contributed by atoms with Crippen LogP contribution in [0.1, 0.15) is 56.2 Å². The number of aromatic nitrogens is 1. The lowest BCUT2D eigenvalue weighted by molar-refractivity contribution is -0.128. The number of ether oxygens (including phenoxy) is 1. The third kappa shape index (κ3) is 7.44. The van der Waals surface area contributed by atoms with Crippen molar-refractivity contribution in [1.82, 2.24) is 20.9 Å². The van der Waals surface area contributed by atoms with Crippen LogP contribution in [-0.2, 0) is 20.7 Å². The maximum absolute atomic E-state index is 14.2. The Morgan fingerprint density at radius 1 is 0.918 bits per heavy atom. The number of carbonyl (C=O) groups is 3. The summed E-state index contributed by atoms with van der Waals surface area (Å²) in [5.41, 5.74) is 1.33.